The second-order valence-corrected chi connectivity index (χ2v) is 12.6. The zero-order valence-electron chi connectivity index (χ0n) is 21.9. The first-order valence-corrected chi connectivity index (χ1v) is 14.0. The van der Waals surface area contributed by atoms with Crippen LogP contribution in [0.1, 0.15) is 49.7 Å². The SMILES string of the molecule is CC(C)(C)CN(C1CCC1)[C@H](CNC(=O)c1ccc(Cl)s1)C(=O)Nc1ccc(N2CCOCC2=O)c(F)c1. The van der Waals surface area contributed by atoms with Crippen molar-refractivity contribution in [2.24, 2.45) is 5.41 Å². The zero-order chi connectivity index (χ0) is 27.4. The number of thiophene rings is 1. The lowest BCUT2D eigenvalue weighted by Gasteiger charge is -2.44. The van der Waals surface area contributed by atoms with Crippen molar-refractivity contribution in [2.45, 2.75) is 52.1 Å². The molecule has 2 N–H and O–H groups in total. The second kappa shape index (κ2) is 12.1. The lowest BCUT2D eigenvalue weighted by molar-refractivity contribution is -0.126. The molecule has 8 nitrogen and oxygen atoms in total. The number of nitrogens with one attached hydrogen (secondary N) is 2. The fourth-order valence-electron chi connectivity index (χ4n) is 4.64. The normalized spacial score (nSPS) is 17.3. The summed E-state index contributed by atoms with van der Waals surface area (Å²) in [6, 6.07) is 7.17. The first-order chi connectivity index (χ1) is 18.0. The number of nitrogens with zero attached hydrogens (tertiary/aromatic N) is 2. The molecule has 1 atom stereocenters. The first-order valence-electron chi connectivity index (χ1n) is 12.8. The average Bonchev–Trinajstić information content (AvgIpc) is 3.24. The molecule has 0 bridgehead atoms. The molecule has 38 heavy (non-hydrogen) atoms. The molecular formula is C27H34ClFN4O4S. The third kappa shape index (κ3) is 7.11. The molecule has 4 rings (SSSR count). The van der Waals surface area contributed by atoms with E-state index in [0.717, 1.165) is 19.3 Å². The van der Waals surface area contributed by atoms with Gasteiger partial charge in [0.25, 0.3) is 11.8 Å². The molecule has 1 aromatic carbocycles. The Balaban J connectivity index is 1.53. The van der Waals surface area contributed by atoms with Crippen LogP contribution in [0.25, 0.3) is 0 Å². The van der Waals surface area contributed by atoms with Crippen molar-refractivity contribution in [3.05, 3.63) is 45.4 Å². The Morgan fingerprint density at radius 2 is 2.03 bits per heavy atom. The molecule has 1 aromatic heterocycles. The quantitative estimate of drug-likeness (QED) is 0.467. The zero-order valence-corrected chi connectivity index (χ0v) is 23.5. The number of benzene rings is 1. The number of anilines is 2. The number of rotatable bonds is 9. The highest BCUT2D eigenvalue weighted by molar-refractivity contribution is 7.18. The van der Waals surface area contributed by atoms with Gasteiger partial charge in [0, 0.05) is 31.4 Å². The monoisotopic (exact) mass is 564 g/mol. The van der Waals surface area contributed by atoms with Gasteiger partial charge in [-0.05, 0) is 48.6 Å². The Morgan fingerprint density at radius 3 is 2.61 bits per heavy atom. The van der Waals surface area contributed by atoms with E-state index in [4.69, 9.17) is 16.3 Å². The summed E-state index contributed by atoms with van der Waals surface area (Å²) < 4.78 is 20.6. The average molecular weight is 565 g/mol. The van der Waals surface area contributed by atoms with E-state index in [0.29, 0.717) is 22.4 Å². The summed E-state index contributed by atoms with van der Waals surface area (Å²) in [6.07, 6.45) is 3.04. The molecule has 2 heterocycles. The lowest BCUT2D eigenvalue weighted by Crippen LogP contribution is -2.58. The van der Waals surface area contributed by atoms with Crippen LogP contribution >= 0.6 is 22.9 Å². The number of hydrogen-bond acceptors (Lipinski definition) is 6. The Hall–Kier alpha value is -2.53. The summed E-state index contributed by atoms with van der Waals surface area (Å²) in [7, 11) is 0. The van der Waals surface area contributed by atoms with E-state index < -0.39 is 11.9 Å². The molecular weight excluding hydrogens is 531 g/mol. The molecule has 2 aliphatic rings. The van der Waals surface area contributed by atoms with E-state index in [9.17, 15) is 14.4 Å². The number of carbonyl (C=O) groups is 3. The molecule has 0 radical (unpaired) electrons. The third-order valence-corrected chi connectivity index (χ3v) is 7.88. The lowest BCUT2D eigenvalue weighted by atomic mass is 9.86. The molecule has 1 saturated carbocycles. The summed E-state index contributed by atoms with van der Waals surface area (Å²) in [5.74, 6) is -1.55. The molecule has 0 spiro atoms. The molecule has 11 heteroatoms. The van der Waals surface area contributed by atoms with Gasteiger partial charge in [-0.1, -0.05) is 38.8 Å². The van der Waals surface area contributed by atoms with E-state index in [1.165, 1.54) is 28.4 Å². The fourth-order valence-corrected chi connectivity index (χ4v) is 5.59. The van der Waals surface area contributed by atoms with Gasteiger partial charge in [0.15, 0.2) is 0 Å². The summed E-state index contributed by atoms with van der Waals surface area (Å²) >= 11 is 7.16. The second-order valence-electron chi connectivity index (χ2n) is 10.9. The third-order valence-electron chi connectivity index (χ3n) is 6.65. The molecule has 206 valence electrons. The minimum absolute atomic E-state index is 0.0855. The van der Waals surface area contributed by atoms with Crippen LogP contribution in [0.5, 0.6) is 0 Å². The van der Waals surface area contributed by atoms with Crippen LogP contribution in [0.15, 0.2) is 30.3 Å². The summed E-state index contributed by atoms with van der Waals surface area (Å²) in [5, 5.41) is 5.74. The van der Waals surface area contributed by atoms with E-state index in [1.807, 2.05) is 0 Å². The molecule has 1 aliphatic heterocycles. The molecule has 2 aromatic rings. The van der Waals surface area contributed by atoms with Crippen LogP contribution in [0.4, 0.5) is 15.8 Å². The Morgan fingerprint density at radius 1 is 1.26 bits per heavy atom. The van der Waals surface area contributed by atoms with Gasteiger partial charge in [0.2, 0.25) is 5.91 Å². The van der Waals surface area contributed by atoms with Gasteiger partial charge in [0.05, 0.1) is 21.5 Å². The Bertz CT molecular complexity index is 1180. The van der Waals surface area contributed by atoms with Crippen molar-refractivity contribution in [2.75, 3.05) is 43.1 Å². The number of ether oxygens (including phenoxy) is 1. The smallest absolute Gasteiger partial charge is 0.261 e. The van der Waals surface area contributed by atoms with Gasteiger partial charge in [-0.25, -0.2) is 4.39 Å². The highest BCUT2D eigenvalue weighted by atomic mass is 35.5. The van der Waals surface area contributed by atoms with Gasteiger partial charge >= 0.3 is 0 Å². The molecule has 2 fully saturated rings. The van der Waals surface area contributed by atoms with Gasteiger partial charge in [0.1, 0.15) is 18.5 Å². The standard InChI is InChI=1S/C27H34ClFN4O4S/c1-27(2,3)16-33(18-5-4-6-18)21(14-30-26(36)22-9-10-23(28)38-22)25(35)31-17-7-8-20(19(29)13-17)32-11-12-37-15-24(32)34/h7-10,13,18,21H,4-6,11-12,14-16H2,1-3H3,(H,30,36)(H,31,35)/t21-/m1/s1. The van der Waals surface area contributed by atoms with E-state index in [1.54, 1.807) is 18.2 Å². The van der Waals surface area contributed by atoms with Crippen molar-refractivity contribution >= 4 is 52.0 Å². The number of amides is 3. The summed E-state index contributed by atoms with van der Waals surface area (Å²) in [4.78, 5) is 42.5. The van der Waals surface area contributed by atoms with Crippen LogP contribution < -0.4 is 15.5 Å². The highest BCUT2D eigenvalue weighted by Crippen LogP contribution is 2.31. The maximum Gasteiger partial charge on any atom is 0.261 e. The largest absolute Gasteiger partial charge is 0.370 e. The van der Waals surface area contributed by atoms with Crippen LogP contribution in [-0.2, 0) is 14.3 Å². The number of morpholine rings is 1. The Kier molecular flexibility index (Phi) is 9.07. The predicted molar refractivity (Wildman–Crippen MR) is 147 cm³/mol. The van der Waals surface area contributed by atoms with Crippen molar-refractivity contribution in [3.63, 3.8) is 0 Å². The molecule has 1 saturated heterocycles. The predicted octanol–water partition coefficient (Wildman–Crippen LogP) is 4.54. The van der Waals surface area contributed by atoms with Gasteiger partial charge in [-0.15, -0.1) is 11.3 Å². The minimum atomic E-state index is -0.664. The van der Waals surface area contributed by atoms with Gasteiger partial charge < -0.3 is 20.3 Å². The van der Waals surface area contributed by atoms with Crippen molar-refractivity contribution in [1.29, 1.82) is 0 Å². The van der Waals surface area contributed by atoms with Crippen LogP contribution in [-0.4, -0.2) is 67.6 Å². The first kappa shape index (κ1) is 28.5. The Labute approximate surface area is 231 Å². The highest BCUT2D eigenvalue weighted by Gasteiger charge is 2.37. The van der Waals surface area contributed by atoms with E-state index in [2.05, 4.69) is 36.3 Å². The van der Waals surface area contributed by atoms with Gasteiger partial charge in [-0.2, -0.15) is 0 Å². The van der Waals surface area contributed by atoms with Gasteiger partial charge in [-0.3, -0.25) is 19.3 Å². The number of hydrogen-bond donors (Lipinski definition) is 2. The van der Waals surface area contributed by atoms with Crippen molar-refractivity contribution < 1.29 is 23.5 Å². The van der Waals surface area contributed by atoms with Crippen molar-refractivity contribution in [1.82, 2.24) is 10.2 Å². The van der Waals surface area contributed by atoms with Crippen LogP contribution in [0.3, 0.4) is 0 Å². The minimum Gasteiger partial charge on any atom is -0.370 e. The molecule has 0 unspecified atom stereocenters. The van der Waals surface area contributed by atoms with Crippen molar-refractivity contribution in [3.8, 4) is 0 Å². The maximum atomic E-state index is 15.0. The van der Waals surface area contributed by atoms with Crippen LogP contribution in [0.2, 0.25) is 4.34 Å². The van der Waals surface area contributed by atoms with Crippen LogP contribution in [0, 0.1) is 11.2 Å². The maximum absolute atomic E-state index is 15.0. The summed E-state index contributed by atoms with van der Waals surface area (Å²) in [5.41, 5.74) is 0.346. The number of halogens is 2. The molecule has 3 amide bonds. The summed E-state index contributed by atoms with van der Waals surface area (Å²) in [6.45, 7) is 7.59. The number of carbonyl (C=O) groups excluding carboxylic acids is 3. The molecule has 1 aliphatic carbocycles. The fraction of sp³-hybridized carbons (Fsp3) is 0.519. The van der Waals surface area contributed by atoms with E-state index in [-0.39, 0.29) is 60.2 Å². The topological polar surface area (TPSA) is 91.0 Å². The van der Waals surface area contributed by atoms with E-state index >= 15 is 4.39 Å².